The minimum absolute atomic E-state index is 0.000203. The van der Waals surface area contributed by atoms with Gasteiger partial charge in [-0.1, -0.05) is 12.1 Å². The third-order valence-corrected chi connectivity index (χ3v) is 14.2. The Balaban J connectivity index is 0.729. The number of nitrogens with zero attached hydrogens (tertiary/aromatic N) is 5. The van der Waals surface area contributed by atoms with Crippen molar-refractivity contribution in [3.63, 3.8) is 0 Å². The SMILES string of the molecule is O=C1CCC(N2Cc3cc(OCCN4CC5(C4)CN(c4ccc(-c6cnc7[nH]cc(C(=O)c8c(F)ccc(NS(=O)(=O)N9CC[C@@H](F)C9)c8F)c7c6)cc4)C5)ccc3C2=O)C(=O)N1. The number of carbonyl (C=O) groups is 4. The van der Waals surface area contributed by atoms with E-state index in [0.717, 1.165) is 66.0 Å². The second-order valence-electron chi connectivity index (χ2n) is 17.0. The van der Waals surface area contributed by atoms with Gasteiger partial charge in [0.05, 0.1) is 11.3 Å². The third kappa shape index (κ3) is 7.46. The number of carbonyl (C=O) groups excluding carboxylic acids is 4. The summed E-state index contributed by atoms with van der Waals surface area (Å²) < 4.78 is 79.0. The fourth-order valence-corrected chi connectivity index (χ4v) is 10.7. The molecule has 1 spiro atoms. The van der Waals surface area contributed by atoms with Crippen molar-refractivity contribution >= 4 is 56.1 Å². The predicted molar refractivity (Wildman–Crippen MR) is 224 cm³/mol. The van der Waals surface area contributed by atoms with Crippen LogP contribution >= 0.6 is 0 Å². The van der Waals surface area contributed by atoms with Crippen molar-refractivity contribution in [1.82, 2.24) is 29.4 Å². The molecule has 10 rings (SSSR count). The van der Waals surface area contributed by atoms with Gasteiger partial charge in [-0.3, -0.25) is 34.1 Å². The number of hydrogen-bond acceptors (Lipinski definition) is 10. The van der Waals surface area contributed by atoms with E-state index in [-0.39, 0.29) is 42.2 Å². The number of hydrogen-bond donors (Lipinski definition) is 3. The Kier molecular flexibility index (Phi) is 10.0. The monoisotopic (exact) mass is 882 g/mol. The van der Waals surface area contributed by atoms with E-state index >= 15 is 8.78 Å². The Labute approximate surface area is 359 Å². The lowest BCUT2D eigenvalue weighted by Crippen LogP contribution is -2.72. The molecule has 3 amide bonds. The molecule has 0 aliphatic carbocycles. The van der Waals surface area contributed by atoms with Crippen LogP contribution in [0, 0.1) is 17.0 Å². The Morgan fingerprint density at radius 1 is 0.968 bits per heavy atom. The van der Waals surface area contributed by atoms with E-state index in [9.17, 15) is 32.0 Å². The van der Waals surface area contributed by atoms with E-state index in [4.69, 9.17) is 4.74 Å². The number of piperidine rings is 1. The van der Waals surface area contributed by atoms with Crippen molar-refractivity contribution in [3.05, 3.63) is 107 Å². The first kappa shape index (κ1) is 40.7. The molecule has 3 N–H and O–H groups in total. The van der Waals surface area contributed by atoms with Gasteiger partial charge < -0.3 is 19.5 Å². The molecule has 15 nitrogen and oxygen atoms in total. The van der Waals surface area contributed by atoms with Gasteiger partial charge in [0.25, 0.3) is 5.91 Å². The molecule has 2 atom stereocenters. The summed E-state index contributed by atoms with van der Waals surface area (Å²) in [4.78, 5) is 64.1. The number of aromatic nitrogens is 2. The molecule has 4 saturated heterocycles. The van der Waals surface area contributed by atoms with Gasteiger partial charge in [-0.15, -0.1) is 0 Å². The van der Waals surface area contributed by atoms with E-state index in [1.54, 1.807) is 24.4 Å². The summed E-state index contributed by atoms with van der Waals surface area (Å²) >= 11 is 0. The van der Waals surface area contributed by atoms with Crippen LogP contribution in [0.15, 0.2) is 73.1 Å². The number of amides is 3. The minimum atomic E-state index is -4.36. The van der Waals surface area contributed by atoms with Crippen molar-refractivity contribution in [2.45, 2.75) is 38.0 Å². The number of rotatable bonds is 12. The third-order valence-electron chi connectivity index (χ3n) is 12.7. The minimum Gasteiger partial charge on any atom is -0.492 e. The van der Waals surface area contributed by atoms with Crippen molar-refractivity contribution in [3.8, 4) is 16.9 Å². The van der Waals surface area contributed by atoms with Crippen molar-refractivity contribution in [2.75, 3.05) is 62.0 Å². The Hall–Kier alpha value is -6.31. The number of pyridine rings is 1. The normalized spacial score (nSPS) is 21.1. The first-order valence-corrected chi connectivity index (χ1v) is 22.1. The molecule has 5 aliphatic heterocycles. The predicted octanol–water partition coefficient (Wildman–Crippen LogP) is 4.40. The van der Waals surface area contributed by atoms with Crippen molar-refractivity contribution in [2.24, 2.45) is 5.41 Å². The maximum absolute atomic E-state index is 15.7. The molecule has 0 saturated carbocycles. The highest BCUT2D eigenvalue weighted by atomic mass is 32.2. The first-order chi connectivity index (χ1) is 30.2. The standard InChI is InChI=1S/C44H41F3N8O7S/c45-28-11-12-54(20-28)63(60,61)51-35-8-7-34(46)38(39(35)47)40(57)33-18-49-41-32(33)16-26(17-48-41)25-1-3-29(4-2-25)53-23-44(24-53)21-52(22-44)13-14-62-30-5-6-31-27(15-30)19-55(43(31)59)36-9-10-37(56)50-42(36)58/h1-8,15-18,28,36,51H,9-14,19-24H2,(H,48,49)(H,50,56,58)/t28-,36?/m1/s1. The fraction of sp³-hybridized carbons (Fsp3) is 0.341. The smallest absolute Gasteiger partial charge is 0.301 e. The Bertz CT molecular complexity index is 2830. The molecule has 3 aromatic carbocycles. The van der Waals surface area contributed by atoms with Crippen LogP contribution < -0.4 is 19.7 Å². The number of ketones is 1. The van der Waals surface area contributed by atoms with E-state index < -0.39 is 63.5 Å². The van der Waals surface area contributed by atoms with E-state index in [1.807, 2.05) is 35.1 Å². The van der Waals surface area contributed by atoms with Crippen LogP contribution in [-0.2, 0) is 26.3 Å². The molecule has 63 heavy (non-hydrogen) atoms. The first-order valence-electron chi connectivity index (χ1n) is 20.6. The second kappa shape index (κ2) is 15.5. The topological polar surface area (TPSA) is 177 Å². The molecular formula is C44H41F3N8O7S. The van der Waals surface area contributed by atoms with Crippen molar-refractivity contribution < 1.29 is 45.5 Å². The number of fused-ring (bicyclic) bond motifs is 2. The van der Waals surface area contributed by atoms with Gasteiger partial charge in [-0.2, -0.15) is 12.7 Å². The summed E-state index contributed by atoms with van der Waals surface area (Å²) in [6.45, 7) is 4.74. The number of nitrogens with one attached hydrogen (secondary N) is 3. The van der Waals surface area contributed by atoms with Crippen molar-refractivity contribution in [1.29, 1.82) is 0 Å². The van der Waals surface area contributed by atoms with Crippen LogP contribution in [0.3, 0.4) is 0 Å². The van der Waals surface area contributed by atoms with Gasteiger partial charge in [-0.05, 0) is 72.5 Å². The molecular weight excluding hydrogens is 842 g/mol. The molecule has 0 radical (unpaired) electrons. The number of anilines is 2. The summed E-state index contributed by atoms with van der Waals surface area (Å²) in [6, 6.07) is 16.0. The number of ether oxygens (including phenoxy) is 1. The van der Waals surface area contributed by atoms with E-state index in [1.165, 1.54) is 11.1 Å². The van der Waals surface area contributed by atoms with Crippen LogP contribution in [0.25, 0.3) is 22.2 Å². The molecule has 1 unspecified atom stereocenters. The lowest BCUT2D eigenvalue weighted by Gasteiger charge is -2.61. The molecule has 5 aromatic rings. The maximum atomic E-state index is 15.7. The zero-order valence-electron chi connectivity index (χ0n) is 33.7. The summed E-state index contributed by atoms with van der Waals surface area (Å²) in [5.41, 5.74) is 2.77. The van der Waals surface area contributed by atoms with Gasteiger partial charge in [-0.25, -0.2) is 18.2 Å². The summed E-state index contributed by atoms with van der Waals surface area (Å²) in [6.07, 6.45) is 2.10. The van der Waals surface area contributed by atoms with Gasteiger partial charge in [0.2, 0.25) is 17.6 Å². The van der Waals surface area contributed by atoms with Gasteiger partial charge in [0, 0.05) is 104 Å². The van der Waals surface area contributed by atoms with Crippen LogP contribution in [0.4, 0.5) is 24.5 Å². The van der Waals surface area contributed by atoms with E-state index in [2.05, 4.69) is 25.1 Å². The second-order valence-corrected chi connectivity index (χ2v) is 18.6. The summed E-state index contributed by atoms with van der Waals surface area (Å²) in [7, 11) is -4.36. The number of imide groups is 1. The summed E-state index contributed by atoms with van der Waals surface area (Å²) in [5, 5.41) is 2.65. The highest BCUT2D eigenvalue weighted by Gasteiger charge is 2.51. The average molecular weight is 883 g/mol. The molecule has 326 valence electrons. The van der Waals surface area contributed by atoms with Crippen LogP contribution in [0.2, 0.25) is 0 Å². The van der Waals surface area contributed by atoms with Gasteiger partial charge >= 0.3 is 10.2 Å². The zero-order valence-corrected chi connectivity index (χ0v) is 34.5. The highest BCUT2D eigenvalue weighted by molar-refractivity contribution is 7.90. The quantitative estimate of drug-likeness (QED) is 0.120. The Morgan fingerprint density at radius 3 is 2.51 bits per heavy atom. The maximum Gasteiger partial charge on any atom is 0.301 e. The van der Waals surface area contributed by atoms with Crippen LogP contribution in [0.5, 0.6) is 5.75 Å². The largest absolute Gasteiger partial charge is 0.492 e. The Morgan fingerprint density at radius 2 is 1.76 bits per heavy atom. The molecule has 4 fully saturated rings. The number of halogens is 3. The van der Waals surface area contributed by atoms with Crippen LogP contribution in [-0.4, -0.2) is 121 Å². The number of likely N-dealkylation sites (tertiary alicyclic amines) is 1. The average Bonchev–Trinajstić information content (AvgIpc) is 3.96. The molecule has 0 bridgehead atoms. The number of benzene rings is 3. The van der Waals surface area contributed by atoms with E-state index in [0.29, 0.717) is 47.5 Å². The summed E-state index contributed by atoms with van der Waals surface area (Å²) in [5.74, 6) is -3.89. The lowest BCUT2D eigenvalue weighted by atomic mass is 9.72. The molecule has 2 aromatic heterocycles. The van der Waals surface area contributed by atoms with Crippen LogP contribution in [0.1, 0.15) is 51.1 Å². The number of H-pyrrole nitrogens is 1. The highest BCUT2D eigenvalue weighted by Crippen LogP contribution is 2.42. The fourth-order valence-electron chi connectivity index (χ4n) is 9.44. The molecule has 19 heteroatoms. The van der Waals surface area contributed by atoms with Gasteiger partial charge in [0.1, 0.15) is 36.0 Å². The molecule has 7 heterocycles. The lowest BCUT2D eigenvalue weighted by molar-refractivity contribution is -0.136. The molecule has 5 aliphatic rings. The number of alkyl halides is 1. The zero-order chi connectivity index (χ0) is 43.8. The van der Waals surface area contributed by atoms with Gasteiger partial charge in [0.15, 0.2) is 5.82 Å². The number of aromatic amines is 1.